The highest BCUT2D eigenvalue weighted by atomic mass is 19.1. The number of anilines is 1. The van der Waals surface area contributed by atoms with Crippen molar-refractivity contribution in [3.8, 4) is 0 Å². The third-order valence-corrected chi connectivity index (χ3v) is 8.84. The van der Waals surface area contributed by atoms with Gasteiger partial charge in [0.1, 0.15) is 29.2 Å². The van der Waals surface area contributed by atoms with E-state index in [9.17, 15) is 28.6 Å². The molecular weight excluding hydrogens is 650 g/mol. The Labute approximate surface area is 293 Å². The summed E-state index contributed by atoms with van der Waals surface area (Å²) in [4.78, 5) is 31.0. The van der Waals surface area contributed by atoms with Gasteiger partial charge < -0.3 is 25.4 Å². The van der Waals surface area contributed by atoms with E-state index in [0.29, 0.717) is 25.7 Å². The van der Waals surface area contributed by atoms with E-state index in [1.807, 2.05) is 27.7 Å². The quantitative estimate of drug-likeness (QED) is 0.121. The molecule has 4 atom stereocenters. The number of halogens is 2. The molecule has 0 unspecified atom stereocenters. The highest BCUT2D eigenvalue weighted by Crippen LogP contribution is 2.43. The van der Waals surface area contributed by atoms with Crippen LogP contribution in [0.4, 0.5) is 29.7 Å². The molecule has 2 aromatic carbocycles. The lowest BCUT2D eigenvalue weighted by Crippen LogP contribution is -2.50. The molecule has 2 heterocycles. The fraction of sp³-hybridized carbons (Fsp3) is 0.611. The number of azide groups is 1. The zero-order valence-corrected chi connectivity index (χ0v) is 30.7. The average molecular weight is 703 g/mol. The number of carbonyl (C=O) groups is 2. The summed E-state index contributed by atoms with van der Waals surface area (Å²) in [5, 5.41) is 24.8. The fourth-order valence-electron chi connectivity index (χ4n) is 6.49. The summed E-state index contributed by atoms with van der Waals surface area (Å²) in [5.74, 6) is -1.43. The molecule has 0 aromatic heterocycles. The number of likely N-dealkylation sites (tertiary alicyclic amines) is 2. The summed E-state index contributed by atoms with van der Waals surface area (Å²) in [6, 6.07) is 7.58. The number of aliphatic hydroxyl groups excluding tert-OH is 2. The van der Waals surface area contributed by atoms with Crippen molar-refractivity contribution in [2.45, 2.75) is 141 Å². The van der Waals surface area contributed by atoms with Crippen molar-refractivity contribution in [3.63, 3.8) is 0 Å². The van der Waals surface area contributed by atoms with Gasteiger partial charge in [-0.25, -0.2) is 18.4 Å². The summed E-state index contributed by atoms with van der Waals surface area (Å²) >= 11 is 0. The Morgan fingerprint density at radius 2 is 1.24 bits per heavy atom. The minimum Gasteiger partial charge on any atom is -0.444 e. The molecule has 4 rings (SSSR count). The number of nitrogens with zero attached hydrogens (tertiary/aromatic N) is 5. The van der Waals surface area contributed by atoms with Crippen molar-refractivity contribution >= 4 is 23.6 Å². The summed E-state index contributed by atoms with van der Waals surface area (Å²) in [6.07, 6.45) is -1.08. The van der Waals surface area contributed by atoms with Crippen molar-refractivity contribution in [3.05, 3.63) is 69.6 Å². The fourth-order valence-corrected chi connectivity index (χ4v) is 6.49. The van der Waals surface area contributed by atoms with Gasteiger partial charge in [0.25, 0.3) is 0 Å². The molecule has 2 aromatic rings. The first kappa shape index (κ1) is 40.3. The molecule has 4 N–H and O–H groups in total. The average Bonchev–Trinajstić information content (AvgIpc) is 3.48. The van der Waals surface area contributed by atoms with Crippen LogP contribution in [0, 0.1) is 11.6 Å². The van der Waals surface area contributed by atoms with Crippen LogP contribution in [0.3, 0.4) is 0 Å². The molecule has 14 heteroatoms. The molecular formula is C36H52F2N6O6. The number of amides is 2. The van der Waals surface area contributed by atoms with Gasteiger partial charge in [0.05, 0.1) is 23.5 Å². The Balaban J connectivity index is 0.000000271. The summed E-state index contributed by atoms with van der Waals surface area (Å²) < 4.78 is 39.8. The van der Waals surface area contributed by atoms with Crippen LogP contribution in [0.25, 0.3) is 10.4 Å². The van der Waals surface area contributed by atoms with Gasteiger partial charge in [0.2, 0.25) is 0 Å². The van der Waals surface area contributed by atoms with Gasteiger partial charge in [-0.15, -0.1) is 0 Å². The molecule has 276 valence electrons. The number of benzene rings is 2. The normalized spacial score (nSPS) is 21.0. The molecule has 2 aliphatic heterocycles. The van der Waals surface area contributed by atoms with Crippen molar-refractivity contribution in [1.82, 2.24) is 9.80 Å². The van der Waals surface area contributed by atoms with Crippen molar-refractivity contribution < 1.29 is 38.1 Å². The largest absolute Gasteiger partial charge is 0.444 e. The lowest BCUT2D eigenvalue weighted by molar-refractivity contribution is -0.0178. The summed E-state index contributed by atoms with van der Waals surface area (Å²) in [5.41, 5.74) is 11.7. The predicted molar refractivity (Wildman–Crippen MR) is 186 cm³/mol. The second-order valence-corrected chi connectivity index (χ2v) is 16.0. The Morgan fingerprint density at radius 1 is 0.840 bits per heavy atom. The topological polar surface area (TPSA) is 174 Å². The van der Waals surface area contributed by atoms with Crippen LogP contribution in [0.2, 0.25) is 0 Å². The Morgan fingerprint density at radius 3 is 1.64 bits per heavy atom. The third-order valence-electron chi connectivity index (χ3n) is 8.84. The van der Waals surface area contributed by atoms with Crippen LogP contribution in [-0.4, -0.2) is 66.6 Å². The van der Waals surface area contributed by atoms with E-state index in [0.717, 1.165) is 0 Å². The second kappa shape index (κ2) is 15.0. The van der Waals surface area contributed by atoms with Gasteiger partial charge in [-0.3, -0.25) is 9.80 Å². The van der Waals surface area contributed by atoms with E-state index >= 15 is 0 Å². The second-order valence-electron chi connectivity index (χ2n) is 16.0. The van der Waals surface area contributed by atoms with Crippen molar-refractivity contribution in [2.75, 3.05) is 5.73 Å². The number of nitrogens with two attached hydrogens (primary N) is 1. The van der Waals surface area contributed by atoms with Crippen LogP contribution in [0.5, 0.6) is 0 Å². The number of ether oxygens (including phenoxy) is 2. The lowest BCUT2D eigenvalue weighted by Gasteiger charge is -2.38. The molecule has 12 nitrogen and oxygen atoms in total. The monoisotopic (exact) mass is 702 g/mol. The number of carbonyl (C=O) groups excluding carboxylic acids is 2. The van der Waals surface area contributed by atoms with Crippen LogP contribution < -0.4 is 5.73 Å². The zero-order valence-electron chi connectivity index (χ0n) is 30.7. The first-order chi connectivity index (χ1) is 22.9. The van der Waals surface area contributed by atoms with E-state index in [2.05, 4.69) is 10.0 Å². The van der Waals surface area contributed by atoms with Gasteiger partial charge >= 0.3 is 12.2 Å². The molecule has 0 aliphatic carbocycles. The zero-order chi connectivity index (χ0) is 38.0. The highest BCUT2D eigenvalue weighted by molar-refractivity contribution is 5.71. The van der Waals surface area contributed by atoms with Crippen molar-refractivity contribution in [1.29, 1.82) is 0 Å². The van der Waals surface area contributed by atoms with E-state index < -0.39 is 70.4 Å². The minimum atomic E-state index is -1.27. The van der Waals surface area contributed by atoms with Crippen LogP contribution in [-0.2, 0) is 9.47 Å². The molecule has 0 radical (unpaired) electrons. The Kier molecular flexibility index (Phi) is 12.1. The van der Waals surface area contributed by atoms with E-state index in [-0.39, 0.29) is 22.5 Å². The number of aliphatic hydroxyl groups is 2. The first-order valence-electron chi connectivity index (χ1n) is 16.7. The molecule has 0 bridgehead atoms. The number of nitrogen functional groups attached to an aromatic ring is 1. The maximum atomic E-state index is 14.6. The Bertz CT molecular complexity index is 1600. The SMILES string of the molecule is CC(C)(C)OC(=O)N1[C@@H]([C@H](O)c2cccc(N)c2F)CCC1(C)C.CC(C)(C)OC(=O)N1[C@@H]([C@H](O)c2cccc(N=[N+]=[N-])c2F)CCC1(C)C. The molecule has 50 heavy (non-hydrogen) atoms. The smallest absolute Gasteiger partial charge is 0.411 e. The number of rotatable bonds is 5. The van der Waals surface area contributed by atoms with Gasteiger partial charge in [0, 0.05) is 27.1 Å². The third kappa shape index (κ3) is 9.35. The van der Waals surface area contributed by atoms with Gasteiger partial charge in [-0.2, -0.15) is 0 Å². The molecule has 2 fully saturated rings. The standard InChI is InChI=1S/C18H25FN4O3.C18H27FN2O3/c1-17(2,3)26-16(25)23-13(9-10-18(23,4)5)15(24)11-7-6-8-12(14(11)19)21-22-20;1-17(2,3)24-16(23)21-13(9-10-18(21,4)5)15(22)11-7-6-8-12(20)14(11)19/h6-8,13,15,24H,9-10H2,1-5H3;6-8,13,15,22H,9-10,20H2,1-5H3/t2*13-,15-/m11/s1. The maximum Gasteiger partial charge on any atom is 0.411 e. The molecule has 2 amide bonds. The summed E-state index contributed by atoms with van der Waals surface area (Å²) in [6.45, 7) is 18.3. The van der Waals surface area contributed by atoms with Crippen LogP contribution in [0.15, 0.2) is 41.5 Å². The number of hydrogen-bond acceptors (Lipinski definition) is 8. The van der Waals surface area contributed by atoms with Gasteiger partial charge in [-0.05, 0) is 113 Å². The molecule has 2 aliphatic rings. The number of hydrogen-bond donors (Lipinski definition) is 3. The molecule has 2 saturated heterocycles. The van der Waals surface area contributed by atoms with E-state index in [1.54, 1.807) is 47.6 Å². The van der Waals surface area contributed by atoms with Crippen LogP contribution in [0.1, 0.15) is 118 Å². The van der Waals surface area contributed by atoms with Crippen molar-refractivity contribution in [2.24, 2.45) is 5.11 Å². The van der Waals surface area contributed by atoms with E-state index in [4.69, 9.17) is 20.7 Å². The lowest BCUT2D eigenvalue weighted by atomic mass is 9.99. The highest BCUT2D eigenvalue weighted by Gasteiger charge is 2.49. The maximum absolute atomic E-state index is 14.6. The van der Waals surface area contributed by atoms with E-state index in [1.165, 1.54) is 40.1 Å². The van der Waals surface area contributed by atoms with Gasteiger partial charge in [-0.1, -0.05) is 29.4 Å². The summed E-state index contributed by atoms with van der Waals surface area (Å²) in [7, 11) is 0. The Hall–Kier alpha value is -4.13. The van der Waals surface area contributed by atoms with Gasteiger partial charge in [0.15, 0.2) is 5.82 Å². The molecule has 0 spiro atoms. The predicted octanol–water partition coefficient (Wildman–Crippen LogP) is 8.60. The minimum absolute atomic E-state index is 0.00819. The first-order valence-corrected chi connectivity index (χ1v) is 16.7. The molecule has 0 saturated carbocycles. The van der Waals surface area contributed by atoms with Crippen LogP contribution >= 0.6 is 0 Å².